The second-order valence-corrected chi connectivity index (χ2v) is 7.05. The van der Waals surface area contributed by atoms with Crippen LogP contribution in [0.1, 0.15) is 48.3 Å². The van der Waals surface area contributed by atoms with Gasteiger partial charge in [-0.1, -0.05) is 0 Å². The van der Waals surface area contributed by atoms with Crippen LogP contribution in [-0.2, 0) is 12.6 Å². The average Bonchev–Trinajstić information content (AvgIpc) is 2.87. The Morgan fingerprint density at radius 2 is 1.77 bits per heavy atom. The van der Waals surface area contributed by atoms with E-state index < -0.39 is 17.7 Å². The molecule has 0 unspecified atom stereocenters. The summed E-state index contributed by atoms with van der Waals surface area (Å²) in [4.78, 5) is 4.33. The van der Waals surface area contributed by atoms with E-state index in [0.717, 1.165) is 12.1 Å². The standard InChI is InChI=1S/C18H20F5N3/c1-11-7-12(2)26(25-11)16-10-14(18(21,22)23)9-15(24-16)8-13-3-5-17(19,20)6-4-13/h7,9-10,13H,3-6,8H2,1-2H3. The van der Waals surface area contributed by atoms with Gasteiger partial charge in [-0.05, 0) is 57.2 Å². The smallest absolute Gasteiger partial charge is 0.234 e. The molecule has 0 radical (unpaired) electrons. The lowest BCUT2D eigenvalue weighted by Crippen LogP contribution is -2.26. The zero-order valence-electron chi connectivity index (χ0n) is 14.6. The van der Waals surface area contributed by atoms with Crippen LogP contribution in [0.25, 0.3) is 5.82 Å². The summed E-state index contributed by atoms with van der Waals surface area (Å²) in [5.41, 5.74) is 0.819. The van der Waals surface area contributed by atoms with Crippen LogP contribution in [0, 0.1) is 19.8 Å². The van der Waals surface area contributed by atoms with Crippen molar-refractivity contribution in [2.75, 3.05) is 0 Å². The molecule has 0 N–H and O–H groups in total. The molecule has 8 heteroatoms. The van der Waals surface area contributed by atoms with E-state index in [-0.39, 0.29) is 36.7 Å². The van der Waals surface area contributed by atoms with Gasteiger partial charge in [0.15, 0.2) is 5.82 Å². The molecule has 3 nitrogen and oxygen atoms in total. The molecular weight excluding hydrogens is 353 g/mol. The Kier molecular flexibility index (Phi) is 4.79. The van der Waals surface area contributed by atoms with Crippen LogP contribution in [0.3, 0.4) is 0 Å². The van der Waals surface area contributed by atoms with Gasteiger partial charge in [0.05, 0.1) is 11.3 Å². The van der Waals surface area contributed by atoms with Crippen molar-refractivity contribution in [3.05, 3.63) is 40.8 Å². The highest BCUT2D eigenvalue weighted by Gasteiger charge is 2.36. The summed E-state index contributed by atoms with van der Waals surface area (Å²) in [6, 6.07) is 3.74. The first-order valence-corrected chi connectivity index (χ1v) is 8.53. The molecule has 2 heterocycles. The van der Waals surface area contributed by atoms with Crippen molar-refractivity contribution >= 4 is 0 Å². The van der Waals surface area contributed by atoms with Gasteiger partial charge in [0, 0.05) is 24.2 Å². The second kappa shape index (κ2) is 6.63. The molecule has 3 rings (SSSR count). The van der Waals surface area contributed by atoms with Crippen LogP contribution in [-0.4, -0.2) is 20.7 Å². The van der Waals surface area contributed by atoms with E-state index in [9.17, 15) is 22.0 Å². The Morgan fingerprint density at radius 3 is 2.31 bits per heavy atom. The fourth-order valence-electron chi connectivity index (χ4n) is 3.41. The molecule has 0 aliphatic heterocycles. The van der Waals surface area contributed by atoms with Gasteiger partial charge in [0.2, 0.25) is 5.92 Å². The highest BCUT2D eigenvalue weighted by atomic mass is 19.4. The largest absolute Gasteiger partial charge is 0.416 e. The maximum Gasteiger partial charge on any atom is 0.416 e. The van der Waals surface area contributed by atoms with E-state index in [2.05, 4.69) is 10.1 Å². The minimum atomic E-state index is -4.51. The third-order valence-corrected chi connectivity index (χ3v) is 4.75. The number of halogens is 5. The maximum atomic E-state index is 13.3. The Balaban J connectivity index is 1.92. The van der Waals surface area contributed by atoms with Gasteiger partial charge < -0.3 is 0 Å². The summed E-state index contributed by atoms with van der Waals surface area (Å²) in [7, 11) is 0. The quantitative estimate of drug-likeness (QED) is 0.686. The van der Waals surface area contributed by atoms with E-state index >= 15 is 0 Å². The molecular formula is C18H20F5N3. The van der Waals surface area contributed by atoms with E-state index in [0.29, 0.717) is 24.2 Å². The van der Waals surface area contributed by atoms with Crippen LogP contribution in [0.5, 0.6) is 0 Å². The summed E-state index contributed by atoms with van der Waals surface area (Å²) in [5.74, 6) is -2.65. The van der Waals surface area contributed by atoms with E-state index in [1.165, 1.54) is 4.68 Å². The highest BCUT2D eigenvalue weighted by molar-refractivity contribution is 5.34. The van der Waals surface area contributed by atoms with Crippen LogP contribution < -0.4 is 0 Å². The van der Waals surface area contributed by atoms with Crippen molar-refractivity contribution in [2.45, 2.75) is 58.1 Å². The molecule has 142 valence electrons. The van der Waals surface area contributed by atoms with Crippen molar-refractivity contribution in [3.8, 4) is 5.82 Å². The summed E-state index contributed by atoms with van der Waals surface area (Å²) < 4.78 is 67.8. The molecule has 1 aliphatic rings. The Hall–Kier alpha value is -1.99. The first-order valence-electron chi connectivity index (χ1n) is 8.53. The average molecular weight is 373 g/mol. The maximum absolute atomic E-state index is 13.3. The molecule has 1 fully saturated rings. The summed E-state index contributed by atoms with van der Waals surface area (Å²) in [6.07, 6.45) is -4.11. The predicted octanol–water partition coefficient (Wildman–Crippen LogP) is 5.27. The molecule has 2 aromatic heterocycles. The summed E-state index contributed by atoms with van der Waals surface area (Å²) in [6.45, 7) is 3.49. The van der Waals surface area contributed by atoms with Gasteiger partial charge in [-0.15, -0.1) is 0 Å². The topological polar surface area (TPSA) is 30.7 Å². The monoisotopic (exact) mass is 373 g/mol. The van der Waals surface area contributed by atoms with Gasteiger partial charge in [0.1, 0.15) is 0 Å². The number of aromatic nitrogens is 3. The first-order chi connectivity index (χ1) is 12.0. The zero-order valence-corrected chi connectivity index (χ0v) is 14.6. The zero-order chi connectivity index (χ0) is 19.1. The fraction of sp³-hybridized carbons (Fsp3) is 0.556. The van der Waals surface area contributed by atoms with Crippen molar-refractivity contribution in [1.82, 2.24) is 14.8 Å². The number of aryl methyl sites for hydroxylation is 2. The predicted molar refractivity (Wildman–Crippen MR) is 86.4 cm³/mol. The minimum Gasteiger partial charge on any atom is -0.234 e. The lowest BCUT2D eigenvalue weighted by molar-refractivity contribution is -0.137. The normalized spacial score (nSPS) is 18.3. The van der Waals surface area contributed by atoms with Crippen molar-refractivity contribution in [3.63, 3.8) is 0 Å². The molecule has 1 saturated carbocycles. The summed E-state index contributed by atoms with van der Waals surface area (Å²) >= 11 is 0. The Morgan fingerprint density at radius 1 is 1.12 bits per heavy atom. The van der Waals surface area contributed by atoms with Gasteiger partial charge in [-0.3, -0.25) is 0 Å². The van der Waals surface area contributed by atoms with Crippen molar-refractivity contribution in [2.24, 2.45) is 5.92 Å². The molecule has 26 heavy (non-hydrogen) atoms. The fourth-order valence-corrected chi connectivity index (χ4v) is 3.41. The molecule has 0 spiro atoms. The third-order valence-electron chi connectivity index (χ3n) is 4.75. The van der Waals surface area contributed by atoms with Crippen LogP contribution in [0.2, 0.25) is 0 Å². The van der Waals surface area contributed by atoms with Gasteiger partial charge in [0.25, 0.3) is 0 Å². The van der Waals surface area contributed by atoms with Gasteiger partial charge in [-0.25, -0.2) is 18.4 Å². The van der Waals surface area contributed by atoms with Crippen molar-refractivity contribution in [1.29, 1.82) is 0 Å². The minimum absolute atomic E-state index is 0.0843. The lowest BCUT2D eigenvalue weighted by atomic mass is 9.84. The molecule has 0 atom stereocenters. The molecule has 0 bridgehead atoms. The molecule has 0 amide bonds. The van der Waals surface area contributed by atoms with Crippen molar-refractivity contribution < 1.29 is 22.0 Å². The number of alkyl halides is 5. The number of nitrogens with zero attached hydrogens (tertiary/aromatic N) is 3. The number of pyridine rings is 1. The van der Waals surface area contributed by atoms with Crippen LogP contribution >= 0.6 is 0 Å². The van der Waals surface area contributed by atoms with Crippen LogP contribution in [0.4, 0.5) is 22.0 Å². The van der Waals surface area contributed by atoms with Crippen LogP contribution in [0.15, 0.2) is 18.2 Å². The van der Waals surface area contributed by atoms with E-state index in [1.807, 2.05) is 0 Å². The van der Waals surface area contributed by atoms with Gasteiger partial charge in [-0.2, -0.15) is 18.3 Å². The third kappa shape index (κ3) is 4.22. The van der Waals surface area contributed by atoms with Gasteiger partial charge >= 0.3 is 6.18 Å². The molecule has 0 saturated heterocycles. The lowest BCUT2D eigenvalue weighted by Gasteiger charge is -2.28. The first kappa shape index (κ1) is 18.8. The SMILES string of the molecule is Cc1cc(C)n(-c2cc(C(F)(F)F)cc(CC3CCC(F)(F)CC3)n2)n1. The Labute approximate surface area is 148 Å². The number of hydrogen-bond acceptors (Lipinski definition) is 2. The second-order valence-electron chi connectivity index (χ2n) is 7.05. The van der Waals surface area contributed by atoms with E-state index in [4.69, 9.17) is 0 Å². The molecule has 0 aromatic carbocycles. The molecule has 1 aliphatic carbocycles. The number of rotatable bonds is 3. The molecule has 2 aromatic rings. The Bertz CT molecular complexity index is 785. The van der Waals surface area contributed by atoms with E-state index in [1.54, 1.807) is 19.9 Å². The number of hydrogen-bond donors (Lipinski definition) is 0. The summed E-state index contributed by atoms with van der Waals surface area (Å²) in [5, 5.41) is 4.20. The highest BCUT2D eigenvalue weighted by Crippen LogP contribution is 2.38.